The molecular weight excluding hydrogens is 280 g/mol. The molecule has 3 nitrogen and oxygen atoms in total. The van der Waals surface area contributed by atoms with E-state index in [2.05, 4.69) is 35.1 Å². The molecule has 1 amide bonds. The van der Waals surface area contributed by atoms with Crippen molar-refractivity contribution in [2.24, 2.45) is 5.92 Å². The fourth-order valence-electron chi connectivity index (χ4n) is 2.34. The van der Waals surface area contributed by atoms with E-state index in [1.54, 1.807) is 11.3 Å². The van der Waals surface area contributed by atoms with Crippen LogP contribution in [0.25, 0.3) is 0 Å². The van der Waals surface area contributed by atoms with Crippen molar-refractivity contribution in [1.82, 2.24) is 10.6 Å². The summed E-state index contributed by atoms with van der Waals surface area (Å²) in [6, 6.07) is 4.51. The van der Waals surface area contributed by atoms with Gasteiger partial charge in [0, 0.05) is 23.9 Å². The number of carbonyl (C=O) groups is 1. The quantitative estimate of drug-likeness (QED) is 0.878. The summed E-state index contributed by atoms with van der Waals surface area (Å²) < 4.78 is 0. The third kappa shape index (κ3) is 5.51. The molecule has 1 fully saturated rings. The van der Waals surface area contributed by atoms with E-state index >= 15 is 0 Å². The van der Waals surface area contributed by atoms with E-state index in [9.17, 15) is 4.79 Å². The minimum Gasteiger partial charge on any atom is -0.352 e. The summed E-state index contributed by atoms with van der Waals surface area (Å²) in [5.41, 5.74) is 0. The number of rotatable bonds is 5. The van der Waals surface area contributed by atoms with Crippen molar-refractivity contribution in [2.45, 2.75) is 38.6 Å². The number of hydrogen-bond donors (Lipinski definition) is 2. The number of nitrogens with one attached hydrogen (secondary N) is 2. The minimum atomic E-state index is 0. The van der Waals surface area contributed by atoms with Gasteiger partial charge in [-0.1, -0.05) is 13.0 Å². The molecular formula is C14H23ClN2OS. The molecule has 1 aliphatic heterocycles. The molecule has 0 spiro atoms. The van der Waals surface area contributed by atoms with Gasteiger partial charge in [-0.3, -0.25) is 4.79 Å². The number of halogens is 1. The highest BCUT2D eigenvalue weighted by atomic mass is 35.5. The fraction of sp³-hybridized carbons (Fsp3) is 0.643. The molecule has 1 aliphatic rings. The Morgan fingerprint density at radius 3 is 3.11 bits per heavy atom. The van der Waals surface area contributed by atoms with Crippen molar-refractivity contribution in [3.05, 3.63) is 22.4 Å². The maximum absolute atomic E-state index is 11.8. The van der Waals surface area contributed by atoms with Crippen molar-refractivity contribution in [3.8, 4) is 0 Å². The van der Waals surface area contributed by atoms with E-state index in [0.717, 1.165) is 32.4 Å². The fourth-order valence-corrected chi connectivity index (χ4v) is 3.09. The summed E-state index contributed by atoms with van der Waals surface area (Å²) >= 11 is 1.77. The van der Waals surface area contributed by atoms with Crippen LogP contribution in [0.15, 0.2) is 17.5 Å². The van der Waals surface area contributed by atoms with Gasteiger partial charge in [0.25, 0.3) is 0 Å². The maximum atomic E-state index is 11.8. The zero-order chi connectivity index (χ0) is 12.8. The van der Waals surface area contributed by atoms with Crippen LogP contribution in [0.3, 0.4) is 0 Å². The Bertz CT molecular complexity index is 370. The van der Waals surface area contributed by atoms with Gasteiger partial charge in [0.2, 0.25) is 5.91 Å². The minimum absolute atomic E-state index is 0. The van der Waals surface area contributed by atoms with Gasteiger partial charge in [0.05, 0.1) is 0 Å². The summed E-state index contributed by atoms with van der Waals surface area (Å²) in [7, 11) is 0. The van der Waals surface area contributed by atoms with Crippen molar-refractivity contribution >= 4 is 29.7 Å². The molecule has 19 heavy (non-hydrogen) atoms. The van der Waals surface area contributed by atoms with Crippen molar-refractivity contribution in [2.75, 3.05) is 13.1 Å². The largest absolute Gasteiger partial charge is 0.352 e. The normalized spacial score (nSPS) is 22.6. The van der Waals surface area contributed by atoms with Crippen LogP contribution in [0.2, 0.25) is 0 Å². The Kier molecular flexibility index (Phi) is 7.42. The van der Waals surface area contributed by atoms with Gasteiger partial charge in [-0.2, -0.15) is 0 Å². The predicted molar refractivity (Wildman–Crippen MR) is 83.1 cm³/mol. The van der Waals surface area contributed by atoms with Crippen LogP contribution in [0.4, 0.5) is 0 Å². The molecule has 0 aliphatic carbocycles. The summed E-state index contributed by atoms with van der Waals surface area (Å²) in [5, 5.41) is 8.57. The first-order valence-corrected chi connectivity index (χ1v) is 7.66. The molecule has 2 heterocycles. The number of aryl methyl sites for hydroxylation is 1. The van der Waals surface area contributed by atoms with E-state index in [4.69, 9.17) is 0 Å². The number of thiophene rings is 1. The lowest BCUT2D eigenvalue weighted by Crippen LogP contribution is -2.50. The highest BCUT2D eigenvalue weighted by Gasteiger charge is 2.22. The van der Waals surface area contributed by atoms with Gasteiger partial charge >= 0.3 is 0 Å². The molecule has 108 valence electrons. The molecule has 2 rings (SSSR count). The van der Waals surface area contributed by atoms with E-state index < -0.39 is 0 Å². The van der Waals surface area contributed by atoms with Crippen LogP contribution in [-0.4, -0.2) is 25.0 Å². The van der Waals surface area contributed by atoms with E-state index in [-0.39, 0.29) is 18.3 Å². The number of hydrogen-bond acceptors (Lipinski definition) is 3. The molecule has 2 N–H and O–H groups in total. The van der Waals surface area contributed by atoms with Gasteiger partial charge in [-0.15, -0.1) is 23.7 Å². The third-order valence-corrected chi connectivity index (χ3v) is 4.52. The van der Waals surface area contributed by atoms with Crippen molar-refractivity contribution < 1.29 is 4.79 Å². The first-order valence-electron chi connectivity index (χ1n) is 6.78. The Morgan fingerprint density at radius 1 is 1.58 bits per heavy atom. The van der Waals surface area contributed by atoms with Gasteiger partial charge in [-0.25, -0.2) is 0 Å². The monoisotopic (exact) mass is 302 g/mol. The second kappa shape index (κ2) is 8.56. The summed E-state index contributed by atoms with van der Waals surface area (Å²) in [6.07, 6.45) is 3.76. The highest BCUT2D eigenvalue weighted by Crippen LogP contribution is 2.13. The van der Waals surface area contributed by atoms with Gasteiger partial charge in [0.1, 0.15) is 0 Å². The zero-order valence-electron chi connectivity index (χ0n) is 11.4. The average molecular weight is 303 g/mol. The molecule has 1 aromatic heterocycles. The first kappa shape index (κ1) is 16.5. The average Bonchev–Trinajstić information content (AvgIpc) is 2.85. The van der Waals surface area contributed by atoms with Gasteiger partial charge in [-0.05, 0) is 43.2 Å². The van der Waals surface area contributed by atoms with E-state index in [1.165, 1.54) is 4.88 Å². The Morgan fingerprint density at radius 2 is 2.42 bits per heavy atom. The molecule has 1 saturated heterocycles. The van der Waals surface area contributed by atoms with Crippen LogP contribution in [0, 0.1) is 5.92 Å². The molecule has 2 atom stereocenters. The van der Waals surface area contributed by atoms with Gasteiger partial charge < -0.3 is 10.6 Å². The Balaban J connectivity index is 0.00000180. The lowest BCUT2D eigenvalue weighted by molar-refractivity contribution is -0.122. The third-order valence-electron chi connectivity index (χ3n) is 3.58. The molecule has 0 radical (unpaired) electrons. The lowest BCUT2D eigenvalue weighted by Gasteiger charge is -2.30. The van der Waals surface area contributed by atoms with E-state index in [0.29, 0.717) is 18.4 Å². The van der Waals surface area contributed by atoms with Crippen LogP contribution in [0.1, 0.15) is 31.1 Å². The maximum Gasteiger partial charge on any atom is 0.220 e. The standard InChI is InChI=1S/C14H22N2OS.ClH/c1-11-7-8-15-10-13(11)16-14(17)6-2-4-12-5-3-9-18-12;/h3,5,9,11,13,15H,2,4,6-8,10H2,1H3,(H,16,17);1H. The SMILES string of the molecule is CC1CCNCC1NC(=O)CCCc1cccs1.Cl. The van der Waals surface area contributed by atoms with Gasteiger partial charge in [0.15, 0.2) is 0 Å². The topological polar surface area (TPSA) is 41.1 Å². The highest BCUT2D eigenvalue weighted by molar-refractivity contribution is 7.09. The summed E-state index contributed by atoms with van der Waals surface area (Å²) in [6.45, 7) is 4.21. The molecule has 1 aromatic rings. The lowest BCUT2D eigenvalue weighted by atomic mass is 9.94. The predicted octanol–water partition coefficient (Wildman–Crippen LogP) is 2.61. The molecule has 0 aromatic carbocycles. The Labute approximate surface area is 125 Å². The number of piperidine rings is 1. The zero-order valence-corrected chi connectivity index (χ0v) is 13.0. The second-order valence-corrected chi connectivity index (χ2v) is 6.11. The molecule has 0 bridgehead atoms. The smallest absolute Gasteiger partial charge is 0.220 e. The Hall–Kier alpha value is -0.580. The molecule has 0 saturated carbocycles. The van der Waals surface area contributed by atoms with Crippen LogP contribution in [0.5, 0.6) is 0 Å². The van der Waals surface area contributed by atoms with Crippen LogP contribution in [-0.2, 0) is 11.2 Å². The van der Waals surface area contributed by atoms with Crippen molar-refractivity contribution in [1.29, 1.82) is 0 Å². The first-order chi connectivity index (χ1) is 8.75. The molecule has 5 heteroatoms. The van der Waals surface area contributed by atoms with Crippen LogP contribution >= 0.6 is 23.7 Å². The molecule has 2 unspecified atom stereocenters. The summed E-state index contributed by atoms with van der Waals surface area (Å²) in [4.78, 5) is 13.2. The van der Waals surface area contributed by atoms with Crippen LogP contribution < -0.4 is 10.6 Å². The van der Waals surface area contributed by atoms with E-state index in [1.807, 2.05) is 0 Å². The second-order valence-electron chi connectivity index (χ2n) is 5.08. The van der Waals surface area contributed by atoms with Crippen molar-refractivity contribution in [3.63, 3.8) is 0 Å². The number of amides is 1. The summed E-state index contributed by atoms with van der Waals surface area (Å²) in [5.74, 6) is 0.791. The number of carbonyl (C=O) groups excluding carboxylic acids is 1.